The Kier molecular flexibility index (Phi) is 2.02. The Labute approximate surface area is 72.7 Å². The molecule has 0 bridgehead atoms. The molecule has 72 valence electrons. The minimum atomic E-state index is -3.51. The molecule has 0 saturated carbocycles. The van der Waals surface area contributed by atoms with Gasteiger partial charge in [0.1, 0.15) is 5.75 Å². The van der Waals surface area contributed by atoms with Gasteiger partial charge in [-0.1, -0.05) is 13.8 Å². The molecule has 1 unspecified atom stereocenters. The summed E-state index contributed by atoms with van der Waals surface area (Å²) in [6.07, 6.45) is 0. The SMILES string of the molecule is CC1(C)COS(=O)(=O)CC1(C)O. The van der Waals surface area contributed by atoms with Crippen LogP contribution >= 0.6 is 0 Å². The lowest BCUT2D eigenvalue weighted by Crippen LogP contribution is -2.54. The van der Waals surface area contributed by atoms with E-state index in [4.69, 9.17) is 0 Å². The van der Waals surface area contributed by atoms with E-state index in [1.807, 2.05) is 0 Å². The molecule has 0 radical (unpaired) electrons. The highest BCUT2D eigenvalue weighted by Crippen LogP contribution is 2.36. The van der Waals surface area contributed by atoms with Gasteiger partial charge in [-0.3, -0.25) is 4.18 Å². The molecule has 0 amide bonds. The van der Waals surface area contributed by atoms with Gasteiger partial charge in [-0.25, -0.2) is 0 Å². The minimum Gasteiger partial charge on any atom is -0.388 e. The van der Waals surface area contributed by atoms with Crippen LogP contribution in [0.1, 0.15) is 20.8 Å². The fourth-order valence-corrected chi connectivity index (χ4v) is 2.61. The fraction of sp³-hybridized carbons (Fsp3) is 1.00. The predicted octanol–water partition coefficient (Wildman–Crippen LogP) is 0.124. The standard InChI is InChI=1S/C7H14O4S/c1-6(2)4-11-12(9,10)5-7(6,3)8/h8H,4-5H2,1-3H3. The first-order valence-corrected chi connectivity index (χ1v) is 5.34. The first-order valence-electron chi connectivity index (χ1n) is 3.76. The van der Waals surface area contributed by atoms with Crippen LogP contribution in [-0.2, 0) is 14.3 Å². The lowest BCUT2D eigenvalue weighted by molar-refractivity contribution is -0.0683. The summed E-state index contributed by atoms with van der Waals surface area (Å²) in [5, 5.41) is 9.78. The van der Waals surface area contributed by atoms with Gasteiger partial charge in [0.25, 0.3) is 10.1 Å². The van der Waals surface area contributed by atoms with Crippen molar-refractivity contribution in [3.8, 4) is 0 Å². The second-order valence-corrected chi connectivity index (χ2v) is 5.76. The molecule has 1 N–H and O–H groups in total. The van der Waals surface area contributed by atoms with E-state index in [0.717, 1.165) is 0 Å². The Bertz CT molecular complexity index is 276. The predicted molar refractivity (Wildman–Crippen MR) is 44.1 cm³/mol. The van der Waals surface area contributed by atoms with Crippen LogP contribution in [-0.4, -0.2) is 31.5 Å². The molecule has 1 aliphatic rings. The van der Waals surface area contributed by atoms with E-state index in [0.29, 0.717) is 0 Å². The van der Waals surface area contributed by atoms with E-state index in [9.17, 15) is 13.5 Å². The first-order chi connectivity index (χ1) is 5.16. The van der Waals surface area contributed by atoms with E-state index in [1.165, 1.54) is 6.92 Å². The van der Waals surface area contributed by atoms with E-state index >= 15 is 0 Å². The zero-order valence-corrected chi connectivity index (χ0v) is 8.31. The van der Waals surface area contributed by atoms with Crippen LogP contribution in [0.25, 0.3) is 0 Å². The summed E-state index contributed by atoms with van der Waals surface area (Å²) in [5.41, 5.74) is -1.72. The summed E-state index contributed by atoms with van der Waals surface area (Å²) in [5.74, 6) is -0.326. The van der Waals surface area contributed by atoms with Crippen molar-refractivity contribution in [3.05, 3.63) is 0 Å². The van der Waals surface area contributed by atoms with Gasteiger partial charge in [-0.2, -0.15) is 8.42 Å². The average molecular weight is 194 g/mol. The molecule has 5 heteroatoms. The van der Waals surface area contributed by atoms with Gasteiger partial charge in [0.15, 0.2) is 0 Å². The van der Waals surface area contributed by atoms with Crippen LogP contribution in [0, 0.1) is 5.41 Å². The lowest BCUT2D eigenvalue weighted by atomic mass is 9.78. The summed E-state index contributed by atoms with van der Waals surface area (Å²) < 4.78 is 26.6. The third kappa shape index (κ3) is 1.62. The molecule has 4 nitrogen and oxygen atoms in total. The number of hydrogen-bond donors (Lipinski definition) is 1. The number of aliphatic hydroxyl groups is 1. The highest BCUT2D eigenvalue weighted by atomic mass is 32.2. The van der Waals surface area contributed by atoms with Gasteiger partial charge < -0.3 is 5.11 Å². The maximum absolute atomic E-state index is 11.0. The summed E-state index contributed by atoms with van der Waals surface area (Å²) >= 11 is 0. The Balaban J connectivity index is 2.97. The Morgan fingerprint density at radius 1 is 1.33 bits per heavy atom. The summed E-state index contributed by atoms with van der Waals surface area (Å²) in [7, 11) is -3.51. The maximum atomic E-state index is 11.0. The molecule has 1 aliphatic heterocycles. The zero-order valence-electron chi connectivity index (χ0n) is 7.49. The molecule has 1 atom stereocenters. The van der Waals surface area contributed by atoms with Crippen molar-refractivity contribution in [3.63, 3.8) is 0 Å². The molecule has 12 heavy (non-hydrogen) atoms. The summed E-state index contributed by atoms with van der Waals surface area (Å²) in [6, 6.07) is 0. The van der Waals surface area contributed by atoms with Gasteiger partial charge in [-0.15, -0.1) is 0 Å². The molecule has 0 aliphatic carbocycles. The molecule has 0 aromatic rings. The maximum Gasteiger partial charge on any atom is 0.270 e. The van der Waals surface area contributed by atoms with Crippen molar-refractivity contribution < 1.29 is 17.7 Å². The van der Waals surface area contributed by atoms with Crippen molar-refractivity contribution in [1.82, 2.24) is 0 Å². The highest BCUT2D eigenvalue weighted by molar-refractivity contribution is 7.86. The molecule has 0 spiro atoms. The molecule has 1 heterocycles. The normalized spacial score (nSPS) is 39.3. The Morgan fingerprint density at radius 3 is 2.17 bits per heavy atom. The lowest BCUT2D eigenvalue weighted by Gasteiger charge is -2.42. The zero-order chi connectivity index (χ0) is 9.62. The fourth-order valence-electron chi connectivity index (χ4n) is 0.974. The third-order valence-electron chi connectivity index (χ3n) is 2.52. The highest BCUT2D eigenvalue weighted by Gasteiger charge is 2.48. The van der Waals surface area contributed by atoms with Crippen molar-refractivity contribution in [2.75, 3.05) is 12.4 Å². The van der Waals surface area contributed by atoms with Gasteiger partial charge >= 0.3 is 0 Å². The van der Waals surface area contributed by atoms with E-state index < -0.39 is 21.1 Å². The molecular weight excluding hydrogens is 180 g/mol. The van der Waals surface area contributed by atoms with Crippen LogP contribution in [0.3, 0.4) is 0 Å². The average Bonchev–Trinajstić information content (AvgIpc) is 1.79. The number of hydrogen-bond acceptors (Lipinski definition) is 4. The third-order valence-corrected chi connectivity index (χ3v) is 3.91. The Hall–Kier alpha value is -0.130. The monoisotopic (exact) mass is 194 g/mol. The largest absolute Gasteiger partial charge is 0.388 e. The van der Waals surface area contributed by atoms with Crippen molar-refractivity contribution in [2.24, 2.45) is 5.41 Å². The number of rotatable bonds is 0. The molecule has 0 aromatic heterocycles. The van der Waals surface area contributed by atoms with Crippen LogP contribution < -0.4 is 0 Å². The van der Waals surface area contributed by atoms with Crippen molar-refractivity contribution in [2.45, 2.75) is 26.4 Å². The van der Waals surface area contributed by atoms with Crippen LogP contribution in [0.2, 0.25) is 0 Å². The van der Waals surface area contributed by atoms with Crippen molar-refractivity contribution in [1.29, 1.82) is 0 Å². The minimum absolute atomic E-state index is 0.0440. The smallest absolute Gasteiger partial charge is 0.270 e. The molecule has 1 saturated heterocycles. The topological polar surface area (TPSA) is 63.6 Å². The summed E-state index contributed by atoms with van der Waals surface area (Å²) in [4.78, 5) is 0. The van der Waals surface area contributed by atoms with E-state index in [-0.39, 0.29) is 12.4 Å². The van der Waals surface area contributed by atoms with E-state index in [2.05, 4.69) is 4.18 Å². The van der Waals surface area contributed by atoms with E-state index in [1.54, 1.807) is 13.8 Å². The quantitative estimate of drug-likeness (QED) is 0.556. The van der Waals surface area contributed by atoms with Gasteiger partial charge in [0.2, 0.25) is 0 Å². The molecule has 0 aromatic carbocycles. The van der Waals surface area contributed by atoms with Gasteiger partial charge in [0.05, 0.1) is 12.2 Å². The van der Waals surface area contributed by atoms with Crippen molar-refractivity contribution >= 4 is 10.1 Å². The molecule has 1 fully saturated rings. The second-order valence-electron chi connectivity index (χ2n) is 4.12. The molecular formula is C7H14O4S. The molecule has 1 rings (SSSR count). The first kappa shape index (κ1) is 9.95. The Morgan fingerprint density at radius 2 is 1.83 bits per heavy atom. The van der Waals surface area contributed by atoms with Crippen LogP contribution in [0.15, 0.2) is 0 Å². The van der Waals surface area contributed by atoms with Gasteiger partial charge in [-0.05, 0) is 6.92 Å². The van der Waals surface area contributed by atoms with Crippen LogP contribution in [0.5, 0.6) is 0 Å². The summed E-state index contributed by atoms with van der Waals surface area (Å²) in [6.45, 7) is 5.12. The van der Waals surface area contributed by atoms with Gasteiger partial charge in [0, 0.05) is 5.41 Å². The van der Waals surface area contributed by atoms with Crippen LogP contribution in [0.4, 0.5) is 0 Å². The second kappa shape index (κ2) is 2.43.